The summed E-state index contributed by atoms with van der Waals surface area (Å²) in [5.74, 6) is 1.16. The van der Waals surface area contributed by atoms with Crippen molar-refractivity contribution in [2.24, 2.45) is 0 Å². The molecule has 0 radical (unpaired) electrons. The van der Waals surface area contributed by atoms with Crippen LogP contribution in [0.15, 0.2) is 35.7 Å². The Morgan fingerprint density at radius 1 is 1.14 bits per heavy atom. The van der Waals surface area contributed by atoms with Crippen molar-refractivity contribution >= 4 is 46.4 Å². The summed E-state index contributed by atoms with van der Waals surface area (Å²) in [5.41, 5.74) is 3.36. The molecule has 2 aliphatic rings. The molecule has 0 fully saturated rings. The van der Waals surface area contributed by atoms with E-state index in [-0.39, 0.29) is 24.1 Å². The van der Waals surface area contributed by atoms with E-state index in [2.05, 4.69) is 26.7 Å². The number of hydrogen-bond donors (Lipinski definition) is 2. The molecule has 2 N–H and O–H groups in total. The Labute approximate surface area is 207 Å². The standard InChI is InChI=1S/C25H28N6O3S/c1-3-7-26-22(32)13-19-12-17(15-35-19)24(33)27-21-14-23-30(9-10-31(23)28-21)18-4-5-20-16(11-18)6-8-29(2)25(20)34/h4-5,11-12,14-15H,3,6-10,13H2,1-2H3,(H,26,32)(H,27,28,33). The number of rotatable bonds is 7. The van der Waals surface area contributed by atoms with E-state index in [0.717, 1.165) is 53.4 Å². The molecule has 0 unspecified atom stereocenters. The van der Waals surface area contributed by atoms with Crippen molar-refractivity contribution in [3.05, 3.63) is 57.3 Å². The van der Waals surface area contributed by atoms with Crippen molar-refractivity contribution in [3.8, 4) is 0 Å². The molecule has 35 heavy (non-hydrogen) atoms. The van der Waals surface area contributed by atoms with Crippen LogP contribution in [0.5, 0.6) is 0 Å². The van der Waals surface area contributed by atoms with Gasteiger partial charge < -0.3 is 20.4 Å². The van der Waals surface area contributed by atoms with Crippen molar-refractivity contribution in [2.75, 3.05) is 36.9 Å². The number of nitrogens with zero attached hydrogens (tertiary/aromatic N) is 4. The number of benzene rings is 1. The minimum atomic E-state index is -0.249. The van der Waals surface area contributed by atoms with Crippen LogP contribution in [0, 0.1) is 0 Å². The lowest BCUT2D eigenvalue weighted by molar-refractivity contribution is -0.120. The van der Waals surface area contributed by atoms with Crippen molar-refractivity contribution < 1.29 is 14.4 Å². The molecular formula is C25H28N6O3S. The third-order valence-corrected chi connectivity index (χ3v) is 7.27. The second-order valence-electron chi connectivity index (χ2n) is 8.86. The summed E-state index contributed by atoms with van der Waals surface area (Å²) < 4.78 is 1.88. The van der Waals surface area contributed by atoms with Crippen LogP contribution in [-0.4, -0.2) is 59.1 Å². The van der Waals surface area contributed by atoms with Gasteiger partial charge in [-0.15, -0.1) is 11.3 Å². The van der Waals surface area contributed by atoms with Crippen LogP contribution in [0.4, 0.5) is 17.3 Å². The molecule has 0 bridgehead atoms. The van der Waals surface area contributed by atoms with Crippen LogP contribution in [0.2, 0.25) is 0 Å². The number of hydrogen-bond acceptors (Lipinski definition) is 6. The first-order chi connectivity index (χ1) is 16.9. The van der Waals surface area contributed by atoms with Gasteiger partial charge in [0.15, 0.2) is 5.82 Å². The fraction of sp³-hybridized carbons (Fsp3) is 0.360. The minimum Gasteiger partial charge on any atom is -0.356 e. The van der Waals surface area contributed by atoms with Crippen LogP contribution < -0.4 is 15.5 Å². The Bertz CT molecular complexity index is 1300. The minimum absolute atomic E-state index is 0.0372. The topological polar surface area (TPSA) is 99.6 Å². The molecule has 4 heterocycles. The first-order valence-corrected chi connectivity index (χ1v) is 12.7. The Kier molecular flexibility index (Phi) is 6.29. The summed E-state index contributed by atoms with van der Waals surface area (Å²) >= 11 is 1.40. The lowest BCUT2D eigenvalue weighted by atomic mass is 9.98. The molecular weight excluding hydrogens is 464 g/mol. The Morgan fingerprint density at radius 2 is 2.00 bits per heavy atom. The van der Waals surface area contributed by atoms with Gasteiger partial charge in [-0.1, -0.05) is 6.92 Å². The van der Waals surface area contributed by atoms with E-state index in [1.165, 1.54) is 11.3 Å². The van der Waals surface area contributed by atoms with Crippen molar-refractivity contribution in [1.82, 2.24) is 20.0 Å². The summed E-state index contributed by atoms with van der Waals surface area (Å²) in [6.07, 6.45) is 2.00. The Morgan fingerprint density at radius 3 is 2.83 bits per heavy atom. The number of nitrogens with one attached hydrogen (secondary N) is 2. The maximum atomic E-state index is 12.8. The molecule has 9 nitrogen and oxygen atoms in total. The summed E-state index contributed by atoms with van der Waals surface area (Å²) in [7, 11) is 1.83. The molecule has 0 saturated carbocycles. The van der Waals surface area contributed by atoms with Crippen LogP contribution in [0.25, 0.3) is 0 Å². The lowest BCUT2D eigenvalue weighted by Crippen LogP contribution is -2.34. The van der Waals surface area contributed by atoms with Gasteiger partial charge in [0.05, 0.1) is 18.5 Å². The number of carbonyl (C=O) groups excluding carboxylic acids is 3. The predicted molar refractivity (Wildman–Crippen MR) is 136 cm³/mol. The SMILES string of the molecule is CCCNC(=O)Cc1cc(C(=O)Nc2cc3n(n2)CCN3c2ccc3c(c2)CCN(C)C3=O)cs1. The number of likely N-dealkylation sites (N-methyl/N-ethyl adjacent to an activating group) is 1. The molecule has 2 aromatic heterocycles. The summed E-state index contributed by atoms with van der Waals surface area (Å²) in [6.45, 7) is 4.86. The lowest BCUT2D eigenvalue weighted by Gasteiger charge is -2.26. The molecule has 1 aromatic carbocycles. The normalized spacial score (nSPS) is 14.6. The van der Waals surface area contributed by atoms with E-state index in [9.17, 15) is 14.4 Å². The van der Waals surface area contributed by atoms with Gasteiger partial charge in [0.25, 0.3) is 11.8 Å². The highest BCUT2D eigenvalue weighted by Gasteiger charge is 2.27. The average molecular weight is 493 g/mol. The van der Waals surface area contributed by atoms with E-state index in [0.29, 0.717) is 24.5 Å². The number of fused-ring (bicyclic) bond motifs is 2. The predicted octanol–water partition coefficient (Wildman–Crippen LogP) is 3.05. The summed E-state index contributed by atoms with van der Waals surface area (Å²) in [5, 5.41) is 12.0. The van der Waals surface area contributed by atoms with Crippen molar-refractivity contribution in [2.45, 2.75) is 32.7 Å². The number of thiophene rings is 1. The monoisotopic (exact) mass is 492 g/mol. The largest absolute Gasteiger partial charge is 0.356 e. The number of amides is 3. The molecule has 0 aliphatic carbocycles. The fourth-order valence-corrected chi connectivity index (χ4v) is 5.31. The van der Waals surface area contributed by atoms with Gasteiger partial charge in [-0.25, -0.2) is 4.68 Å². The highest BCUT2D eigenvalue weighted by molar-refractivity contribution is 7.10. The smallest absolute Gasteiger partial charge is 0.257 e. The molecule has 10 heteroatoms. The van der Waals surface area contributed by atoms with Crippen LogP contribution >= 0.6 is 11.3 Å². The van der Waals surface area contributed by atoms with Gasteiger partial charge in [-0.05, 0) is 42.7 Å². The first kappa shape index (κ1) is 23.1. The zero-order valence-corrected chi connectivity index (χ0v) is 20.7. The molecule has 2 aliphatic heterocycles. The molecule has 0 spiro atoms. The van der Waals surface area contributed by atoms with Crippen molar-refractivity contribution in [3.63, 3.8) is 0 Å². The average Bonchev–Trinajstić information content (AvgIpc) is 3.56. The second kappa shape index (κ2) is 9.53. The van der Waals surface area contributed by atoms with Gasteiger partial charge in [0, 0.05) is 54.3 Å². The van der Waals surface area contributed by atoms with Gasteiger partial charge in [0.1, 0.15) is 5.82 Å². The quantitative estimate of drug-likeness (QED) is 0.528. The zero-order chi connectivity index (χ0) is 24.5. The zero-order valence-electron chi connectivity index (χ0n) is 19.8. The summed E-state index contributed by atoms with van der Waals surface area (Å²) in [4.78, 5) is 41.9. The third kappa shape index (κ3) is 4.66. The van der Waals surface area contributed by atoms with E-state index < -0.39 is 0 Å². The highest BCUT2D eigenvalue weighted by Crippen LogP contribution is 2.34. The molecule has 0 saturated heterocycles. The Balaban J connectivity index is 1.27. The fourth-order valence-electron chi connectivity index (χ4n) is 4.45. The molecule has 3 amide bonds. The van der Waals surface area contributed by atoms with E-state index in [1.54, 1.807) is 16.3 Å². The van der Waals surface area contributed by atoms with Gasteiger partial charge in [-0.2, -0.15) is 5.10 Å². The van der Waals surface area contributed by atoms with Crippen molar-refractivity contribution in [1.29, 1.82) is 0 Å². The molecule has 5 rings (SSSR count). The maximum Gasteiger partial charge on any atom is 0.257 e. The van der Waals surface area contributed by atoms with Gasteiger partial charge >= 0.3 is 0 Å². The van der Waals surface area contributed by atoms with Crippen LogP contribution in [-0.2, 0) is 24.2 Å². The first-order valence-electron chi connectivity index (χ1n) is 11.8. The van der Waals surface area contributed by atoms with E-state index in [1.807, 2.05) is 36.9 Å². The molecule has 3 aromatic rings. The number of aromatic nitrogens is 2. The highest BCUT2D eigenvalue weighted by atomic mass is 32.1. The van der Waals surface area contributed by atoms with Gasteiger partial charge in [0.2, 0.25) is 5.91 Å². The van der Waals surface area contributed by atoms with Crippen LogP contribution in [0.3, 0.4) is 0 Å². The summed E-state index contributed by atoms with van der Waals surface area (Å²) in [6, 6.07) is 9.59. The van der Waals surface area contributed by atoms with E-state index >= 15 is 0 Å². The Hall–Kier alpha value is -3.66. The number of carbonyl (C=O) groups is 3. The third-order valence-electron chi connectivity index (χ3n) is 6.33. The molecule has 182 valence electrons. The van der Waals surface area contributed by atoms with E-state index in [4.69, 9.17) is 0 Å². The molecule has 0 atom stereocenters. The van der Waals surface area contributed by atoms with Crippen LogP contribution in [0.1, 0.15) is 44.5 Å². The maximum absolute atomic E-state index is 12.8. The van der Waals surface area contributed by atoms with Gasteiger partial charge in [-0.3, -0.25) is 14.4 Å². The number of anilines is 3. The second-order valence-corrected chi connectivity index (χ2v) is 9.86.